The van der Waals surface area contributed by atoms with Crippen molar-refractivity contribution in [3.63, 3.8) is 0 Å². The minimum atomic E-state index is -3.55. The fourth-order valence-electron chi connectivity index (χ4n) is 1.25. The normalized spacial score (nSPS) is 11.8. The summed E-state index contributed by atoms with van der Waals surface area (Å²) in [5.41, 5.74) is 0. The maximum Gasteiger partial charge on any atom is 0.262 e. The molecule has 0 saturated carbocycles. The zero-order chi connectivity index (χ0) is 12.2. The average Bonchev–Trinajstić information content (AvgIpc) is 2.30. The Bertz CT molecular complexity index is 443. The zero-order valence-electron chi connectivity index (χ0n) is 9.54. The summed E-state index contributed by atoms with van der Waals surface area (Å²) in [7, 11) is -2.14. The van der Waals surface area contributed by atoms with E-state index < -0.39 is 10.0 Å². The summed E-state index contributed by atoms with van der Waals surface area (Å²) >= 11 is 0. The third kappa shape index (κ3) is 2.48. The van der Waals surface area contributed by atoms with E-state index in [9.17, 15) is 8.42 Å². The molecule has 1 aromatic heterocycles. The lowest BCUT2D eigenvalue weighted by Crippen LogP contribution is -2.31. The topological polar surface area (TPSA) is 72.4 Å². The smallest absolute Gasteiger partial charge is 0.262 e. The van der Waals surface area contributed by atoms with Gasteiger partial charge in [-0.2, -0.15) is 9.29 Å². The first-order chi connectivity index (χ1) is 7.56. The molecular weight excluding hydrogens is 230 g/mol. The van der Waals surface area contributed by atoms with Gasteiger partial charge in [0.25, 0.3) is 10.0 Å². The van der Waals surface area contributed by atoms with Crippen LogP contribution in [0.2, 0.25) is 0 Å². The Labute approximate surface area is 95.3 Å². The van der Waals surface area contributed by atoms with Crippen LogP contribution in [0.15, 0.2) is 17.4 Å². The Morgan fingerprint density at radius 1 is 1.31 bits per heavy atom. The minimum Gasteiger partial charge on any atom is -0.480 e. The highest BCUT2D eigenvalue weighted by atomic mass is 32.2. The second-order valence-electron chi connectivity index (χ2n) is 2.99. The van der Waals surface area contributed by atoms with Crippen LogP contribution in [0.3, 0.4) is 0 Å². The molecule has 1 heterocycles. The van der Waals surface area contributed by atoms with Crippen LogP contribution in [0.5, 0.6) is 5.88 Å². The molecule has 1 aromatic rings. The number of hydrogen-bond acceptors (Lipinski definition) is 5. The van der Waals surface area contributed by atoms with Gasteiger partial charge in [0, 0.05) is 13.1 Å². The van der Waals surface area contributed by atoms with Gasteiger partial charge >= 0.3 is 0 Å². The molecule has 7 heteroatoms. The Morgan fingerprint density at radius 3 is 2.44 bits per heavy atom. The van der Waals surface area contributed by atoms with Crippen LogP contribution in [-0.2, 0) is 10.0 Å². The van der Waals surface area contributed by atoms with E-state index in [0.29, 0.717) is 13.1 Å². The standard InChI is InChI=1S/C9H15N3O3S/c1-4-12(5-2)16(13,14)9-7-10-6-8(11-9)15-3/h6-7H,4-5H2,1-3H3. The second-order valence-corrected chi connectivity index (χ2v) is 4.87. The summed E-state index contributed by atoms with van der Waals surface area (Å²) in [4.78, 5) is 7.64. The fourth-order valence-corrected chi connectivity index (χ4v) is 2.59. The van der Waals surface area contributed by atoms with Gasteiger partial charge in [-0.25, -0.2) is 8.42 Å². The quantitative estimate of drug-likeness (QED) is 0.756. The van der Waals surface area contributed by atoms with Crippen LogP contribution in [0.4, 0.5) is 0 Å². The molecule has 0 spiro atoms. The Balaban J connectivity index is 3.16. The van der Waals surface area contributed by atoms with E-state index >= 15 is 0 Å². The molecule has 0 aromatic carbocycles. The first-order valence-electron chi connectivity index (χ1n) is 4.92. The molecule has 0 fully saturated rings. The van der Waals surface area contributed by atoms with E-state index in [1.807, 2.05) is 0 Å². The van der Waals surface area contributed by atoms with Gasteiger partial charge in [-0.1, -0.05) is 13.8 Å². The molecule has 16 heavy (non-hydrogen) atoms. The number of ether oxygens (including phenoxy) is 1. The SMILES string of the molecule is CCN(CC)S(=O)(=O)c1cncc(OC)n1. The predicted octanol–water partition coefficient (Wildman–Crippen LogP) is 0.516. The lowest BCUT2D eigenvalue weighted by Gasteiger charge is -2.17. The van der Waals surface area contributed by atoms with Crippen LogP contribution in [-0.4, -0.2) is 42.9 Å². The van der Waals surface area contributed by atoms with Gasteiger partial charge in [0.15, 0.2) is 5.03 Å². The lowest BCUT2D eigenvalue weighted by molar-refractivity contribution is 0.388. The molecule has 0 aliphatic rings. The van der Waals surface area contributed by atoms with Gasteiger partial charge in [0.05, 0.1) is 19.5 Å². The van der Waals surface area contributed by atoms with Crippen molar-refractivity contribution in [1.82, 2.24) is 14.3 Å². The highest BCUT2D eigenvalue weighted by Crippen LogP contribution is 2.14. The Kier molecular flexibility index (Phi) is 4.19. The maximum atomic E-state index is 12.0. The number of aromatic nitrogens is 2. The molecule has 0 saturated heterocycles. The number of sulfonamides is 1. The van der Waals surface area contributed by atoms with Crippen LogP contribution in [0, 0.1) is 0 Å². The highest BCUT2D eigenvalue weighted by molar-refractivity contribution is 7.89. The molecule has 1 rings (SSSR count). The molecule has 0 radical (unpaired) electrons. The molecule has 0 unspecified atom stereocenters. The summed E-state index contributed by atoms with van der Waals surface area (Å²) in [6, 6.07) is 0. The van der Waals surface area contributed by atoms with Crippen molar-refractivity contribution >= 4 is 10.0 Å². The Hall–Kier alpha value is -1.21. The van der Waals surface area contributed by atoms with Gasteiger partial charge < -0.3 is 4.74 Å². The third-order valence-electron chi connectivity index (χ3n) is 2.11. The molecule has 90 valence electrons. The highest BCUT2D eigenvalue weighted by Gasteiger charge is 2.23. The predicted molar refractivity (Wildman–Crippen MR) is 58.7 cm³/mol. The summed E-state index contributed by atoms with van der Waals surface area (Å²) in [6.07, 6.45) is 2.58. The number of rotatable bonds is 5. The van der Waals surface area contributed by atoms with E-state index in [0.717, 1.165) is 0 Å². The molecule has 0 N–H and O–H groups in total. The van der Waals surface area contributed by atoms with E-state index in [1.165, 1.54) is 23.8 Å². The van der Waals surface area contributed by atoms with E-state index in [1.54, 1.807) is 13.8 Å². The summed E-state index contributed by atoms with van der Waals surface area (Å²) in [6.45, 7) is 4.35. The average molecular weight is 245 g/mol. The lowest BCUT2D eigenvalue weighted by atomic mass is 10.7. The van der Waals surface area contributed by atoms with Crippen molar-refractivity contribution in [3.05, 3.63) is 12.4 Å². The summed E-state index contributed by atoms with van der Waals surface area (Å²) < 4.78 is 30.2. The molecular formula is C9H15N3O3S. The second kappa shape index (κ2) is 5.22. The first-order valence-corrected chi connectivity index (χ1v) is 6.36. The van der Waals surface area contributed by atoms with Crippen molar-refractivity contribution < 1.29 is 13.2 Å². The third-order valence-corrected chi connectivity index (χ3v) is 4.03. The van der Waals surface area contributed by atoms with Crippen molar-refractivity contribution in [2.45, 2.75) is 18.9 Å². The summed E-state index contributed by atoms with van der Waals surface area (Å²) in [5, 5.41) is -0.0875. The van der Waals surface area contributed by atoms with Crippen LogP contribution in [0.1, 0.15) is 13.8 Å². The van der Waals surface area contributed by atoms with E-state index in [4.69, 9.17) is 4.74 Å². The van der Waals surface area contributed by atoms with E-state index in [-0.39, 0.29) is 10.9 Å². The van der Waals surface area contributed by atoms with E-state index in [2.05, 4.69) is 9.97 Å². The van der Waals surface area contributed by atoms with Crippen molar-refractivity contribution in [2.75, 3.05) is 20.2 Å². The monoisotopic (exact) mass is 245 g/mol. The molecule has 0 bridgehead atoms. The number of methoxy groups -OCH3 is 1. The molecule has 6 nitrogen and oxygen atoms in total. The fraction of sp³-hybridized carbons (Fsp3) is 0.556. The Morgan fingerprint density at radius 2 is 1.94 bits per heavy atom. The molecule has 0 aliphatic carbocycles. The zero-order valence-corrected chi connectivity index (χ0v) is 10.4. The number of nitrogens with zero attached hydrogens (tertiary/aromatic N) is 3. The van der Waals surface area contributed by atoms with Gasteiger partial charge in [-0.15, -0.1) is 0 Å². The van der Waals surface area contributed by atoms with Crippen LogP contribution < -0.4 is 4.74 Å². The van der Waals surface area contributed by atoms with Crippen LogP contribution >= 0.6 is 0 Å². The molecule has 0 aliphatic heterocycles. The minimum absolute atomic E-state index is 0.0875. The van der Waals surface area contributed by atoms with Crippen molar-refractivity contribution in [3.8, 4) is 5.88 Å². The maximum absolute atomic E-state index is 12.0. The largest absolute Gasteiger partial charge is 0.480 e. The van der Waals surface area contributed by atoms with Crippen molar-refractivity contribution in [1.29, 1.82) is 0 Å². The number of hydrogen-bond donors (Lipinski definition) is 0. The first kappa shape index (κ1) is 12.9. The van der Waals surface area contributed by atoms with Crippen molar-refractivity contribution in [2.24, 2.45) is 0 Å². The molecule has 0 amide bonds. The van der Waals surface area contributed by atoms with Gasteiger partial charge in [-0.05, 0) is 0 Å². The summed E-state index contributed by atoms with van der Waals surface area (Å²) in [5.74, 6) is 0.188. The molecule has 0 atom stereocenters. The van der Waals surface area contributed by atoms with Gasteiger partial charge in [0.2, 0.25) is 5.88 Å². The van der Waals surface area contributed by atoms with Crippen LogP contribution in [0.25, 0.3) is 0 Å². The van der Waals surface area contributed by atoms with Gasteiger partial charge in [0.1, 0.15) is 0 Å². The van der Waals surface area contributed by atoms with Gasteiger partial charge in [-0.3, -0.25) is 4.98 Å².